The molecular weight excluding hydrogens is 238 g/mol. The highest BCUT2D eigenvalue weighted by Gasteiger charge is 2.31. The second-order valence-electron chi connectivity index (χ2n) is 6.03. The highest BCUT2D eigenvalue weighted by Crippen LogP contribution is 2.23. The van der Waals surface area contributed by atoms with Gasteiger partial charge in [0.15, 0.2) is 0 Å². The van der Waals surface area contributed by atoms with Crippen LogP contribution >= 0.6 is 0 Å². The second-order valence-corrected chi connectivity index (χ2v) is 6.03. The van der Waals surface area contributed by atoms with Crippen LogP contribution in [0.2, 0.25) is 0 Å². The van der Waals surface area contributed by atoms with Gasteiger partial charge in [0, 0.05) is 31.2 Å². The minimum Gasteiger partial charge on any atom is -0.465 e. The number of aryl methyl sites for hydroxylation is 1. The lowest BCUT2D eigenvalue weighted by Crippen LogP contribution is -2.34. The predicted molar refractivity (Wildman–Crippen MR) is 78.1 cm³/mol. The largest absolute Gasteiger partial charge is 0.465 e. The number of hydrogen-bond donors (Lipinski definition) is 1. The summed E-state index contributed by atoms with van der Waals surface area (Å²) in [4.78, 5) is 4.83. The van der Waals surface area contributed by atoms with Gasteiger partial charge in [-0.2, -0.15) is 0 Å². The lowest BCUT2D eigenvalue weighted by molar-refractivity contribution is 0.243. The van der Waals surface area contributed by atoms with Crippen LogP contribution < -0.4 is 5.32 Å². The van der Waals surface area contributed by atoms with E-state index in [-0.39, 0.29) is 0 Å². The molecular formula is C15H27N3O. The molecule has 0 bridgehead atoms. The lowest BCUT2D eigenvalue weighted by Gasteiger charge is -2.22. The van der Waals surface area contributed by atoms with E-state index in [1.165, 1.54) is 5.56 Å². The third kappa shape index (κ3) is 3.38. The van der Waals surface area contributed by atoms with Crippen molar-refractivity contribution in [3.63, 3.8) is 0 Å². The number of rotatable bonds is 5. The van der Waals surface area contributed by atoms with Gasteiger partial charge in [0.2, 0.25) is 0 Å². The molecule has 2 atom stereocenters. The molecule has 19 heavy (non-hydrogen) atoms. The molecule has 0 aliphatic carbocycles. The summed E-state index contributed by atoms with van der Waals surface area (Å²) in [6.45, 7) is 8.49. The van der Waals surface area contributed by atoms with E-state index in [1.54, 1.807) is 0 Å². The molecule has 1 aromatic rings. The molecule has 0 radical (unpaired) electrons. The fourth-order valence-corrected chi connectivity index (χ4v) is 3.10. The zero-order valence-corrected chi connectivity index (χ0v) is 12.9. The number of nitrogens with zero attached hydrogens (tertiary/aromatic N) is 2. The van der Waals surface area contributed by atoms with Crippen LogP contribution in [-0.4, -0.2) is 50.1 Å². The van der Waals surface area contributed by atoms with Crippen LogP contribution in [0.3, 0.4) is 0 Å². The topological polar surface area (TPSA) is 31.6 Å². The van der Waals surface area contributed by atoms with Crippen molar-refractivity contribution < 1.29 is 4.42 Å². The summed E-state index contributed by atoms with van der Waals surface area (Å²) in [5, 5.41) is 3.18. The molecule has 1 aromatic heterocycles. The molecule has 1 aliphatic rings. The van der Waals surface area contributed by atoms with E-state index in [0.29, 0.717) is 6.04 Å². The third-order valence-corrected chi connectivity index (χ3v) is 4.13. The van der Waals surface area contributed by atoms with Crippen molar-refractivity contribution in [2.24, 2.45) is 5.92 Å². The van der Waals surface area contributed by atoms with Crippen molar-refractivity contribution in [2.45, 2.75) is 33.0 Å². The molecule has 1 aliphatic heterocycles. The highest BCUT2D eigenvalue weighted by atomic mass is 16.3. The normalized spacial score (nSPS) is 24.5. The van der Waals surface area contributed by atoms with Gasteiger partial charge in [0.1, 0.15) is 11.5 Å². The molecule has 1 N–H and O–H groups in total. The van der Waals surface area contributed by atoms with Gasteiger partial charge in [-0.15, -0.1) is 0 Å². The minimum absolute atomic E-state index is 0.660. The molecule has 2 unspecified atom stereocenters. The Labute approximate surface area is 116 Å². The summed E-state index contributed by atoms with van der Waals surface area (Å²) in [6.07, 6.45) is 0. The molecule has 1 fully saturated rings. The fourth-order valence-electron chi connectivity index (χ4n) is 3.10. The lowest BCUT2D eigenvalue weighted by atomic mass is 10.1. The van der Waals surface area contributed by atoms with E-state index < -0.39 is 0 Å². The molecule has 0 amide bonds. The van der Waals surface area contributed by atoms with Crippen LogP contribution in [0.5, 0.6) is 0 Å². The van der Waals surface area contributed by atoms with Crippen molar-refractivity contribution in [1.29, 1.82) is 0 Å². The van der Waals surface area contributed by atoms with Crippen molar-refractivity contribution in [3.8, 4) is 0 Å². The summed E-state index contributed by atoms with van der Waals surface area (Å²) in [6, 6.07) is 2.85. The average molecular weight is 265 g/mol. The molecule has 4 nitrogen and oxygen atoms in total. The minimum atomic E-state index is 0.660. The van der Waals surface area contributed by atoms with Gasteiger partial charge >= 0.3 is 0 Å². The van der Waals surface area contributed by atoms with Crippen LogP contribution in [0.4, 0.5) is 0 Å². The maximum atomic E-state index is 5.86. The Morgan fingerprint density at radius 3 is 2.74 bits per heavy atom. The van der Waals surface area contributed by atoms with Gasteiger partial charge < -0.3 is 14.6 Å². The Bertz CT molecular complexity index is 414. The van der Waals surface area contributed by atoms with Gasteiger partial charge in [-0.05, 0) is 40.1 Å². The molecule has 1 saturated heterocycles. The van der Waals surface area contributed by atoms with Crippen LogP contribution in [0.1, 0.15) is 24.0 Å². The Balaban J connectivity index is 1.97. The highest BCUT2D eigenvalue weighted by molar-refractivity contribution is 5.20. The van der Waals surface area contributed by atoms with Crippen LogP contribution in [0, 0.1) is 12.8 Å². The molecule has 0 spiro atoms. The summed E-state index contributed by atoms with van der Waals surface area (Å²) < 4.78 is 5.86. The zero-order chi connectivity index (χ0) is 14.0. The van der Waals surface area contributed by atoms with E-state index >= 15 is 0 Å². The number of furan rings is 1. The number of likely N-dealkylation sites (N-methyl/N-ethyl adjacent to an activating group) is 1. The van der Waals surface area contributed by atoms with Gasteiger partial charge in [0.05, 0.1) is 6.54 Å². The third-order valence-electron chi connectivity index (χ3n) is 4.13. The number of nitrogens with one attached hydrogen (secondary N) is 1. The first-order valence-corrected chi connectivity index (χ1v) is 7.12. The average Bonchev–Trinajstić information content (AvgIpc) is 2.84. The van der Waals surface area contributed by atoms with E-state index in [9.17, 15) is 0 Å². The van der Waals surface area contributed by atoms with Crippen LogP contribution in [-0.2, 0) is 13.1 Å². The molecule has 2 heterocycles. The van der Waals surface area contributed by atoms with Crippen LogP contribution in [0.25, 0.3) is 0 Å². The smallest absolute Gasteiger partial charge is 0.118 e. The van der Waals surface area contributed by atoms with Crippen molar-refractivity contribution in [2.75, 3.05) is 34.2 Å². The predicted octanol–water partition coefficient (Wildman–Crippen LogP) is 1.69. The Morgan fingerprint density at radius 2 is 2.16 bits per heavy atom. The summed E-state index contributed by atoms with van der Waals surface area (Å²) in [5.41, 5.74) is 1.27. The zero-order valence-electron chi connectivity index (χ0n) is 12.9. The van der Waals surface area contributed by atoms with E-state index in [2.05, 4.69) is 42.2 Å². The fraction of sp³-hybridized carbons (Fsp3) is 0.733. The summed E-state index contributed by atoms with van der Waals surface area (Å²) >= 11 is 0. The van der Waals surface area contributed by atoms with E-state index in [4.69, 9.17) is 4.42 Å². The first kappa shape index (κ1) is 14.6. The summed E-state index contributed by atoms with van der Waals surface area (Å²) in [5.74, 6) is 2.86. The van der Waals surface area contributed by atoms with Gasteiger partial charge in [-0.25, -0.2) is 0 Å². The number of likely N-dealkylation sites (tertiary alicyclic amines) is 1. The van der Waals surface area contributed by atoms with Crippen molar-refractivity contribution in [1.82, 2.24) is 15.1 Å². The maximum absolute atomic E-state index is 5.86. The SMILES string of the molecule is CNCc1cc(CN2CC(C)C(N(C)C)C2)oc1C. The first-order valence-electron chi connectivity index (χ1n) is 7.12. The van der Waals surface area contributed by atoms with Gasteiger partial charge in [-0.3, -0.25) is 4.90 Å². The quantitative estimate of drug-likeness (QED) is 0.878. The maximum Gasteiger partial charge on any atom is 0.118 e. The standard InChI is InChI=1S/C15H27N3O/c1-11-8-18(10-15(11)17(4)5)9-14-6-13(7-16-3)12(2)19-14/h6,11,15-16H,7-10H2,1-5H3. The molecule has 2 rings (SSSR count). The monoisotopic (exact) mass is 265 g/mol. The first-order chi connectivity index (χ1) is 9.01. The van der Waals surface area contributed by atoms with E-state index in [1.807, 2.05) is 14.0 Å². The Hall–Kier alpha value is -0.840. The van der Waals surface area contributed by atoms with Gasteiger partial charge in [-0.1, -0.05) is 6.92 Å². The Kier molecular flexibility index (Phi) is 4.66. The second kappa shape index (κ2) is 6.07. The van der Waals surface area contributed by atoms with E-state index in [0.717, 1.165) is 43.6 Å². The van der Waals surface area contributed by atoms with Gasteiger partial charge in [0.25, 0.3) is 0 Å². The molecule has 108 valence electrons. The molecule has 4 heteroatoms. The Morgan fingerprint density at radius 1 is 1.42 bits per heavy atom. The van der Waals surface area contributed by atoms with Crippen LogP contribution in [0.15, 0.2) is 10.5 Å². The van der Waals surface area contributed by atoms with Crippen molar-refractivity contribution >= 4 is 0 Å². The summed E-state index contributed by atoms with van der Waals surface area (Å²) in [7, 11) is 6.31. The number of hydrogen-bond acceptors (Lipinski definition) is 4. The molecule has 0 aromatic carbocycles. The molecule has 0 saturated carbocycles. The van der Waals surface area contributed by atoms with Crippen molar-refractivity contribution in [3.05, 3.63) is 23.2 Å².